The molecule has 0 bridgehead atoms. The molecule has 1 rings (SSSR count). The van der Waals surface area contributed by atoms with Crippen molar-refractivity contribution < 1.29 is 5.11 Å². The highest BCUT2D eigenvalue weighted by Crippen LogP contribution is 2.01. The predicted octanol–water partition coefficient (Wildman–Crippen LogP) is 0.851. The Balaban J connectivity index is 3.01. The Hall–Kier alpha value is -1.33. The van der Waals surface area contributed by atoms with E-state index in [-0.39, 0.29) is 6.61 Å². The number of hydrogen-bond acceptors (Lipinski definition) is 2. The van der Waals surface area contributed by atoms with Crippen LogP contribution in [0.5, 0.6) is 0 Å². The third-order valence-electron chi connectivity index (χ3n) is 1.16. The Kier molecular flexibility index (Phi) is 2.03. The molecule has 2 heteroatoms. The summed E-state index contributed by atoms with van der Waals surface area (Å²) in [4.78, 5) is 0. The van der Waals surface area contributed by atoms with Gasteiger partial charge in [-0.3, -0.25) is 0 Å². The number of nitrogens with zero attached hydrogens (tertiary/aromatic N) is 1. The van der Waals surface area contributed by atoms with E-state index in [1.54, 1.807) is 18.2 Å². The van der Waals surface area contributed by atoms with Crippen LogP contribution >= 0.6 is 0 Å². The largest absolute Gasteiger partial charge is 0.392 e. The molecule has 1 N–H and O–H groups in total. The molecule has 0 spiro atoms. The number of aliphatic hydroxyl groups excluding tert-OH is 1. The lowest BCUT2D eigenvalue weighted by Crippen LogP contribution is -1.83. The van der Waals surface area contributed by atoms with Gasteiger partial charge < -0.3 is 5.11 Å². The third-order valence-corrected chi connectivity index (χ3v) is 1.16. The molecule has 2 nitrogen and oxygen atoms in total. The predicted molar refractivity (Wildman–Crippen MR) is 35.9 cm³/mol. The molecule has 0 atom stereocenters. The Morgan fingerprint density at radius 3 is 3.10 bits per heavy atom. The van der Waals surface area contributed by atoms with Crippen LogP contribution in [-0.4, -0.2) is 5.11 Å². The summed E-state index contributed by atoms with van der Waals surface area (Å²) in [5.74, 6) is 0. The fourth-order valence-electron chi connectivity index (χ4n) is 0.677. The zero-order valence-electron chi connectivity index (χ0n) is 5.33. The molecule has 1 aromatic carbocycles. The SMILES string of the molecule is N#Cc1cc[c]c(CO)c1. The lowest BCUT2D eigenvalue weighted by Gasteiger charge is -1.92. The van der Waals surface area contributed by atoms with E-state index >= 15 is 0 Å². The maximum absolute atomic E-state index is 8.62. The number of aliphatic hydroxyl groups is 1. The monoisotopic (exact) mass is 132 g/mol. The van der Waals surface area contributed by atoms with E-state index in [1.165, 1.54) is 0 Å². The van der Waals surface area contributed by atoms with Crippen LogP contribution in [-0.2, 0) is 6.61 Å². The Morgan fingerprint density at radius 2 is 2.50 bits per heavy atom. The summed E-state index contributed by atoms with van der Waals surface area (Å²) in [5, 5.41) is 17.0. The molecular weight excluding hydrogens is 126 g/mol. The molecule has 0 heterocycles. The first kappa shape index (κ1) is 6.79. The summed E-state index contributed by atoms with van der Waals surface area (Å²) in [6.07, 6.45) is 0. The maximum Gasteiger partial charge on any atom is 0.0991 e. The van der Waals surface area contributed by atoms with Gasteiger partial charge in [-0.15, -0.1) is 0 Å². The van der Waals surface area contributed by atoms with Gasteiger partial charge in [-0.25, -0.2) is 0 Å². The molecule has 0 aliphatic heterocycles. The quantitative estimate of drug-likeness (QED) is 0.615. The van der Waals surface area contributed by atoms with Crippen molar-refractivity contribution in [3.8, 4) is 6.07 Å². The highest BCUT2D eigenvalue weighted by molar-refractivity contribution is 5.31. The molecule has 0 saturated carbocycles. The van der Waals surface area contributed by atoms with Gasteiger partial charge in [0.2, 0.25) is 0 Å². The first-order valence-electron chi connectivity index (χ1n) is 2.88. The Labute approximate surface area is 59.3 Å². The zero-order valence-corrected chi connectivity index (χ0v) is 5.33. The molecule has 49 valence electrons. The normalized spacial score (nSPS) is 8.80. The summed E-state index contributed by atoms with van der Waals surface area (Å²) < 4.78 is 0. The van der Waals surface area contributed by atoms with Gasteiger partial charge in [0.15, 0.2) is 0 Å². The highest BCUT2D eigenvalue weighted by atomic mass is 16.3. The molecule has 0 aliphatic carbocycles. The Morgan fingerprint density at radius 1 is 1.70 bits per heavy atom. The van der Waals surface area contributed by atoms with Crippen LogP contribution in [0.25, 0.3) is 0 Å². The van der Waals surface area contributed by atoms with E-state index in [0.29, 0.717) is 11.1 Å². The van der Waals surface area contributed by atoms with E-state index in [0.717, 1.165) is 0 Å². The van der Waals surface area contributed by atoms with Crippen LogP contribution in [0.15, 0.2) is 18.2 Å². The van der Waals surface area contributed by atoms with E-state index in [4.69, 9.17) is 10.4 Å². The summed E-state index contributed by atoms with van der Waals surface area (Å²) in [6.45, 7) is -0.0600. The van der Waals surface area contributed by atoms with Crippen LogP contribution in [0.2, 0.25) is 0 Å². The van der Waals surface area contributed by atoms with Crippen molar-refractivity contribution in [3.05, 3.63) is 35.4 Å². The molecule has 0 aliphatic rings. The maximum atomic E-state index is 8.62. The van der Waals surface area contributed by atoms with E-state index in [9.17, 15) is 0 Å². The molecule has 1 aromatic rings. The topological polar surface area (TPSA) is 44.0 Å². The van der Waals surface area contributed by atoms with Gasteiger partial charge in [0.1, 0.15) is 0 Å². The second kappa shape index (κ2) is 3.00. The van der Waals surface area contributed by atoms with Gasteiger partial charge in [0.25, 0.3) is 0 Å². The lowest BCUT2D eigenvalue weighted by atomic mass is 10.1. The molecule has 0 amide bonds. The number of nitriles is 1. The van der Waals surface area contributed by atoms with E-state index < -0.39 is 0 Å². The standard InChI is InChI=1S/C8H6NO/c9-5-7-2-1-3-8(4-7)6-10/h1-2,4,10H,6H2. The fourth-order valence-corrected chi connectivity index (χ4v) is 0.677. The van der Waals surface area contributed by atoms with E-state index in [1.807, 2.05) is 6.07 Å². The molecular formula is C8H6NO. The summed E-state index contributed by atoms with van der Waals surface area (Å²) >= 11 is 0. The van der Waals surface area contributed by atoms with Crippen molar-refractivity contribution in [2.24, 2.45) is 0 Å². The molecule has 0 fully saturated rings. The molecule has 10 heavy (non-hydrogen) atoms. The van der Waals surface area contributed by atoms with Crippen LogP contribution in [0.1, 0.15) is 11.1 Å². The van der Waals surface area contributed by atoms with Crippen molar-refractivity contribution in [2.45, 2.75) is 6.61 Å². The molecule has 0 saturated heterocycles. The van der Waals surface area contributed by atoms with Crippen LogP contribution in [0.3, 0.4) is 0 Å². The minimum absolute atomic E-state index is 0.0600. The lowest BCUT2D eigenvalue weighted by molar-refractivity contribution is 0.281. The van der Waals surface area contributed by atoms with Crippen LogP contribution < -0.4 is 0 Å². The van der Waals surface area contributed by atoms with Crippen molar-refractivity contribution in [2.75, 3.05) is 0 Å². The first-order valence-corrected chi connectivity index (χ1v) is 2.88. The number of benzene rings is 1. The Bertz CT molecular complexity index is 262. The van der Waals surface area contributed by atoms with Gasteiger partial charge in [-0.1, -0.05) is 6.07 Å². The summed E-state index contributed by atoms with van der Waals surface area (Å²) in [7, 11) is 0. The zero-order chi connectivity index (χ0) is 7.40. The van der Waals surface area contributed by atoms with Crippen molar-refractivity contribution in [1.82, 2.24) is 0 Å². The van der Waals surface area contributed by atoms with Gasteiger partial charge >= 0.3 is 0 Å². The van der Waals surface area contributed by atoms with Crippen molar-refractivity contribution in [3.63, 3.8) is 0 Å². The number of hydrogen-bond donors (Lipinski definition) is 1. The molecule has 0 aromatic heterocycles. The second-order valence-electron chi connectivity index (χ2n) is 1.87. The van der Waals surface area contributed by atoms with Gasteiger partial charge in [-0.05, 0) is 23.8 Å². The van der Waals surface area contributed by atoms with Gasteiger partial charge in [0.05, 0.1) is 18.2 Å². The van der Waals surface area contributed by atoms with Crippen LogP contribution in [0.4, 0.5) is 0 Å². The minimum Gasteiger partial charge on any atom is -0.392 e. The summed E-state index contributed by atoms with van der Waals surface area (Å²) in [6, 6.07) is 9.65. The number of rotatable bonds is 1. The van der Waals surface area contributed by atoms with Crippen molar-refractivity contribution in [1.29, 1.82) is 5.26 Å². The van der Waals surface area contributed by atoms with E-state index in [2.05, 4.69) is 6.07 Å². The van der Waals surface area contributed by atoms with Gasteiger partial charge in [0, 0.05) is 0 Å². The molecule has 0 unspecified atom stereocenters. The average Bonchev–Trinajstić information content (AvgIpc) is 2.05. The highest BCUT2D eigenvalue weighted by Gasteiger charge is 1.91. The van der Waals surface area contributed by atoms with Gasteiger partial charge in [-0.2, -0.15) is 5.26 Å². The first-order chi connectivity index (χ1) is 4.86. The fraction of sp³-hybridized carbons (Fsp3) is 0.125. The third kappa shape index (κ3) is 1.34. The van der Waals surface area contributed by atoms with Crippen LogP contribution in [0, 0.1) is 17.4 Å². The second-order valence-corrected chi connectivity index (χ2v) is 1.87. The average molecular weight is 132 g/mol. The summed E-state index contributed by atoms with van der Waals surface area (Å²) in [5.41, 5.74) is 1.21. The molecule has 1 radical (unpaired) electrons. The minimum atomic E-state index is -0.0600. The van der Waals surface area contributed by atoms with Crippen molar-refractivity contribution >= 4 is 0 Å². The smallest absolute Gasteiger partial charge is 0.0991 e.